The lowest BCUT2D eigenvalue weighted by Gasteiger charge is -2.33. The van der Waals surface area contributed by atoms with E-state index in [0.717, 1.165) is 36.9 Å². The molecule has 5 heteroatoms. The Morgan fingerprint density at radius 1 is 1.39 bits per heavy atom. The van der Waals surface area contributed by atoms with E-state index >= 15 is 0 Å². The first kappa shape index (κ1) is 17.9. The van der Waals surface area contributed by atoms with Crippen molar-refractivity contribution in [1.29, 1.82) is 0 Å². The van der Waals surface area contributed by atoms with Crippen molar-refractivity contribution < 1.29 is 19.0 Å². The van der Waals surface area contributed by atoms with E-state index in [-0.39, 0.29) is 12.4 Å². The molecule has 2 rings (SSSR count). The maximum absolute atomic E-state index is 12.3. The molecule has 0 amide bonds. The molecule has 0 saturated heterocycles. The van der Waals surface area contributed by atoms with Crippen molar-refractivity contribution in [3.8, 4) is 5.75 Å². The summed E-state index contributed by atoms with van der Waals surface area (Å²) in [6.07, 6.45) is 2.17. The Labute approximate surface area is 139 Å². The maximum atomic E-state index is 12.3. The average Bonchev–Trinajstić information content (AvgIpc) is 2.43. The van der Waals surface area contributed by atoms with Crippen LogP contribution in [-0.2, 0) is 27.3 Å². The number of carbonyl (C=O) groups excluding carboxylic acids is 1. The van der Waals surface area contributed by atoms with Gasteiger partial charge in [0.2, 0.25) is 5.79 Å². The van der Waals surface area contributed by atoms with Gasteiger partial charge in [-0.15, -0.1) is 0 Å². The zero-order chi connectivity index (χ0) is 17.1. The Hall–Kier alpha value is -1.49. The number of esters is 1. The number of benzene rings is 1. The molecule has 23 heavy (non-hydrogen) atoms. The average molecular weight is 318 g/mol. The molecule has 1 aromatic carbocycles. The molecule has 0 aliphatic carbocycles. The minimum Gasteiger partial charge on any atom is -0.463 e. The summed E-state index contributed by atoms with van der Waals surface area (Å²) in [7, 11) is 1.09. The number of rotatable bonds is 6. The molecule has 0 bridgehead atoms. The van der Waals surface area contributed by atoms with Gasteiger partial charge in [-0.2, -0.15) is 0 Å². The summed E-state index contributed by atoms with van der Waals surface area (Å²) in [5.41, 5.74) is 1.43. The zero-order valence-electron chi connectivity index (χ0n) is 14.9. The van der Waals surface area contributed by atoms with Gasteiger partial charge < -0.3 is 14.2 Å². The first-order valence-corrected chi connectivity index (χ1v) is 8.38. The predicted molar refractivity (Wildman–Crippen MR) is 92.3 cm³/mol. The van der Waals surface area contributed by atoms with Crippen LogP contribution in [-0.4, -0.2) is 24.6 Å². The molecule has 0 radical (unpaired) electrons. The minimum atomic E-state index is -0.631. The summed E-state index contributed by atoms with van der Waals surface area (Å²) in [4.78, 5) is 12.3. The van der Waals surface area contributed by atoms with Gasteiger partial charge in [0.05, 0.1) is 13.0 Å². The Balaban J connectivity index is 2.05. The third-order valence-corrected chi connectivity index (χ3v) is 4.01. The molecule has 1 heterocycles. The van der Waals surface area contributed by atoms with E-state index in [1.54, 1.807) is 0 Å². The fourth-order valence-electron chi connectivity index (χ4n) is 2.73. The predicted octanol–water partition coefficient (Wildman–Crippen LogP) is 3.49. The van der Waals surface area contributed by atoms with E-state index in [0.29, 0.717) is 6.61 Å². The summed E-state index contributed by atoms with van der Waals surface area (Å²) in [6, 6.07) is 5.76. The third kappa shape index (κ3) is 5.00. The van der Waals surface area contributed by atoms with E-state index in [1.807, 2.05) is 45.9 Å². The van der Waals surface area contributed by atoms with Gasteiger partial charge in [0, 0.05) is 19.4 Å². The summed E-state index contributed by atoms with van der Waals surface area (Å²) >= 11 is 0. The third-order valence-electron chi connectivity index (χ3n) is 4.01. The number of fused-ring (bicyclic) bond motifs is 1. The van der Waals surface area contributed by atoms with Gasteiger partial charge in [-0.05, 0) is 31.9 Å². The van der Waals surface area contributed by atoms with Crippen molar-refractivity contribution in [3.63, 3.8) is 0 Å². The van der Waals surface area contributed by atoms with Crippen LogP contribution in [0.5, 0.6) is 5.75 Å². The first-order chi connectivity index (χ1) is 10.7. The summed E-state index contributed by atoms with van der Waals surface area (Å²) < 4.78 is 17.2. The van der Waals surface area contributed by atoms with Crippen molar-refractivity contribution in [2.24, 2.45) is 0 Å². The Morgan fingerprint density at radius 2 is 2.13 bits per heavy atom. The van der Waals surface area contributed by atoms with Crippen LogP contribution in [0.3, 0.4) is 0 Å². The highest BCUT2D eigenvalue weighted by molar-refractivity contribution is 6.33. The van der Waals surface area contributed by atoms with Crippen molar-refractivity contribution >= 4 is 13.2 Å². The van der Waals surface area contributed by atoms with Crippen molar-refractivity contribution in [1.82, 2.24) is 0 Å². The van der Waals surface area contributed by atoms with Crippen LogP contribution in [0.4, 0.5) is 0 Å². The largest absolute Gasteiger partial charge is 0.463 e. The van der Waals surface area contributed by atoms with E-state index in [2.05, 4.69) is 6.82 Å². The lowest BCUT2D eigenvalue weighted by Crippen LogP contribution is -2.36. The Morgan fingerprint density at radius 3 is 2.83 bits per heavy atom. The summed E-state index contributed by atoms with van der Waals surface area (Å²) in [6.45, 7) is 10.3. The molecule has 1 aliphatic rings. The van der Waals surface area contributed by atoms with E-state index in [1.165, 1.54) is 0 Å². The van der Waals surface area contributed by atoms with Gasteiger partial charge in [0.25, 0.3) is 0 Å². The van der Waals surface area contributed by atoms with Crippen LogP contribution in [0.15, 0.2) is 18.2 Å². The molecular weight excluding hydrogens is 291 g/mol. The van der Waals surface area contributed by atoms with E-state index in [4.69, 9.17) is 14.2 Å². The Bertz CT molecular complexity index is 566. The number of ether oxygens (including phenoxy) is 3. The van der Waals surface area contributed by atoms with Crippen molar-refractivity contribution in [3.05, 3.63) is 29.3 Å². The molecule has 0 N–H and O–H groups in total. The molecule has 0 fully saturated rings. The first-order valence-electron chi connectivity index (χ1n) is 8.38. The summed E-state index contributed by atoms with van der Waals surface area (Å²) in [5.74, 6) is -0.0463. The zero-order valence-corrected chi connectivity index (χ0v) is 14.9. The lowest BCUT2D eigenvalue weighted by atomic mass is 9.74. The lowest BCUT2D eigenvalue weighted by molar-refractivity contribution is -0.180. The molecule has 0 unspecified atom stereocenters. The molecule has 1 aromatic rings. The van der Waals surface area contributed by atoms with Crippen LogP contribution in [0.1, 0.15) is 45.2 Å². The molecule has 0 aromatic heterocycles. The van der Waals surface area contributed by atoms with Gasteiger partial charge in [-0.3, -0.25) is 4.79 Å². The van der Waals surface area contributed by atoms with Gasteiger partial charge in [-0.1, -0.05) is 25.3 Å². The highest BCUT2D eigenvalue weighted by Crippen LogP contribution is 2.33. The molecule has 1 aliphatic heterocycles. The standard InChI is InChI=1S/C18H27BO4/c1-17(2,9-10-19-5)23-16(20)11-13-7-6-8-15-14(13)12-21-18(3,4)22-15/h6-8,19H,9-12H2,1-5H3. The number of hydrogen-bond acceptors (Lipinski definition) is 4. The molecule has 126 valence electrons. The van der Waals surface area contributed by atoms with Crippen LogP contribution >= 0.6 is 0 Å². The van der Waals surface area contributed by atoms with Crippen LogP contribution < -0.4 is 4.74 Å². The molecule has 0 atom stereocenters. The normalized spacial score (nSPS) is 16.2. The fraction of sp³-hybridized carbons (Fsp3) is 0.611. The van der Waals surface area contributed by atoms with Gasteiger partial charge in [0.1, 0.15) is 18.6 Å². The maximum Gasteiger partial charge on any atom is 0.310 e. The second-order valence-electron chi connectivity index (χ2n) is 7.20. The van der Waals surface area contributed by atoms with E-state index < -0.39 is 11.4 Å². The monoisotopic (exact) mass is 318 g/mol. The Kier molecular flexibility index (Phi) is 5.40. The highest BCUT2D eigenvalue weighted by Gasteiger charge is 2.29. The van der Waals surface area contributed by atoms with Crippen LogP contribution in [0, 0.1) is 0 Å². The topological polar surface area (TPSA) is 44.8 Å². The molecule has 4 nitrogen and oxygen atoms in total. The van der Waals surface area contributed by atoms with Gasteiger partial charge in [0.15, 0.2) is 0 Å². The number of hydrogen-bond donors (Lipinski definition) is 0. The highest BCUT2D eigenvalue weighted by atomic mass is 16.7. The van der Waals surface area contributed by atoms with Crippen molar-refractivity contribution in [2.45, 2.75) is 71.7 Å². The SMILES string of the molecule is CBCCC(C)(C)OC(=O)Cc1cccc2c1COC(C)(C)O2. The molecule has 0 spiro atoms. The van der Waals surface area contributed by atoms with Crippen LogP contribution in [0.2, 0.25) is 13.1 Å². The quantitative estimate of drug-likeness (QED) is 0.595. The molecule has 0 saturated carbocycles. The van der Waals surface area contributed by atoms with Gasteiger partial charge >= 0.3 is 5.97 Å². The van der Waals surface area contributed by atoms with Gasteiger partial charge in [-0.25, -0.2) is 0 Å². The second-order valence-corrected chi connectivity index (χ2v) is 7.20. The fourth-order valence-corrected chi connectivity index (χ4v) is 2.73. The summed E-state index contributed by atoms with van der Waals surface area (Å²) in [5, 5.41) is 0. The van der Waals surface area contributed by atoms with Crippen LogP contribution in [0.25, 0.3) is 0 Å². The van der Waals surface area contributed by atoms with Crippen molar-refractivity contribution in [2.75, 3.05) is 0 Å². The smallest absolute Gasteiger partial charge is 0.310 e. The van der Waals surface area contributed by atoms with E-state index in [9.17, 15) is 4.79 Å². The number of carbonyl (C=O) groups is 1. The molecular formula is C18H27BO4. The minimum absolute atomic E-state index is 0.204. The second kappa shape index (κ2) is 6.96.